The van der Waals surface area contributed by atoms with Crippen LogP contribution in [0.5, 0.6) is 5.75 Å². The minimum absolute atomic E-state index is 0.0824. The molecule has 0 bridgehead atoms. The fraction of sp³-hybridized carbons (Fsp3) is 0.267. The van der Waals surface area contributed by atoms with Crippen LogP contribution in [0.3, 0.4) is 0 Å². The summed E-state index contributed by atoms with van der Waals surface area (Å²) in [6, 6.07) is 45.5. The second-order valence-electron chi connectivity index (χ2n) is 19.5. The molecule has 7 rings (SSSR count). The molecular weight excluding hydrogens is 1010 g/mol. The highest BCUT2D eigenvalue weighted by Gasteiger charge is 2.37. The fourth-order valence-electron chi connectivity index (χ4n) is 8.37. The second kappa shape index (κ2) is 28.0. The van der Waals surface area contributed by atoms with Crippen LogP contribution in [0.15, 0.2) is 170 Å². The predicted molar refractivity (Wildman–Crippen MR) is 295 cm³/mol. The van der Waals surface area contributed by atoms with E-state index in [1.165, 1.54) is 0 Å². The van der Waals surface area contributed by atoms with E-state index in [2.05, 4.69) is 31.9 Å². The number of carbonyl (C=O) groups excluding carboxylic acids is 7. The van der Waals surface area contributed by atoms with Gasteiger partial charge in [0.25, 0.3) is 0 Å². The summed E-state index contributed by atoms with van der Waals surface area (Å²) < 4.78 is 22.4. The van der Waals surface area contributed by atoms with Crippen molar-refractivity contribution >= 4 is 59.2 Å². The maximum atomic E-state index is 14.9. The van der Waals surface area contributed by atoms with Crippen LogP contribution in [-0.4, -0.2) is 83.0 Å². The molecule has 1 unspecified atom stereocenters. The van der Waals surface area contributed by atoms with E-state index in [4.69, 9.17) is 24.4 Å². The summed E-state index contributed by atoms with van der Waals surface area (Å²) in [6.45, 7) is 4.65. The molecule has 0 saturated heterocycles. The van der Waals surface area contributed by atoms with Crippen LogP contribution in [0.4, 0.5) is 25.8 Å². The number of carbonyl (C=O) groups is 7. The van der Waals surface area contributed by atoms with E-state index in [-0.39, 0.29) is 51.3 Å². The highest BCUT2D eigenvalue weighted by atomic mass is 16.6. The van der Waals surface area contributed by atoms with Gasteiger partial charge in [-0.05, 0) is 98.2 Å². The Labute approximate surface area is 458 Å². The molecule has 0 radical (unpaired) electrons. The first-order valence-corrected chi connectivity index (χ1v) is 25.7. The van der Waals surface area contributed by atoms with Gasteiger partial charge in [-0.25, -0.2) is 19.3 Å². The summed E-state index contributed by atoms with van der Waals surface area (Å²) in [5.41, 5.74) is 3.53. The van der Waals surface area contributed by atoms with Gasteiger partial charge in [-0.15, -0.1) is 0 Å². The molecule has 410 valence electrons. The molecule has 0 fully saturated rings. The zero-order chi connectivity index (χ0) is 56.2. The van der Waals surface area contributed by atoms with E-state index >= 15 is 0 Å². The Balaban J connectivity index is 1.15. The number of anilines is 2. The molecule has 0 aromatic heterocycles. The molecule has 0 aliphatic carbocycles. The van der Waals surface area contributed by atoms with Crippen molar-refractivity contribution < 1.29 is 52.5 Å². The number of benzene rings is 6. The van der Waals surface area contributed by atoms with Crippen LogP contribution < -0.4 is 36.6 Å². The molecule has 19 nitrogen and oxygen atoms in total. The van der Waals surface area contributed by atoms with Gasteiger partial charge in [0.2, 0.25) is 29.6 Å². The van der Waals surface area contributed by atoms with Gasteiger partial charge in [-0.1, -0.05) is 140 Å². The standard InChI is InChI=1S/C60H64N8O11/c1-60(2,3)79-58(74)66-50(35-40-30-32-45(33-31-40)76-37-41-19-8-4-9-20-41)55(72)64-49(53(70)65-51(54(71)62-44-25-14-7-15-26-44)36-47-46-27-16-17-28-48(46)63-52(47)69)29-18-34-68(59(75)78-39-43-23-12-6-13-24-43)56(61)67-57(73)77-38-42-21-10-5-11-22-42/h4-17,19-28,30-33,47,49-51H,18,29,34-39H2,1-3H3,(H,62,71)(H,63,69)(H,64,72)(H,65,70)(H,66,74)(H2,61,67,73)/t47?,49-,50-,51-/m0/s1. The highest BCUT2D eigenvalue weighted by molar-refractivity contribution is 6.05. The minimum atomic E-state index is -1.50. The summed E-state index contributed by atoms with van der Waals surface area (Å²) in [5, 5.41) is 25.0. The molecule has 6 aromatic rings. The molecule has 19 heteroatoms. The quantitative estimate of drug-likeness (QED) is 0.0192. The fourth-order valence-corrected chi connectivity index (χ4v) is 8.37. The number of amides is 7. The van der Waals surface area contributed by atoms with Gasteiger partial charge in [0.05, 0.1) is 5.92 Å². The highest BCUT2D eigenvalue weighted by Crippen LogP contribution is 2.35. The van der Waals surface area contributed by atoms with Crippen molar-refractivity contribution in [3.05, 3.63) is 198 Å². The lowest BCUT2D eigenvalue weighted by Crippen LogP contribution is -2.57. The van der Waals surface area contributed by atoms with Crippen LogP contribution in [-0.2, 0) is 59.6 Å². The first-order valence-electron chi connectivity index (χ1n) is 25.7. The minimum Gasteiger partial charge on any atom is -0.489 e. The Hall–Kier alpha value is -9.52. The number of hydrogen-bond donors (Lipinski definition) is 7. The van der Waals surface area contributed by atoms with Gasteiger partial charge in [-0.2, -0.15) is 0 Å². The van der Waals surface area contributed by atoms with Gasteiger partial charge >= 0.3 is 18.3 Å². The third-order valence-electron chi connectivity index (χ3n) is 12.3. The maximum absolute atomic E-state index is 14.9. The number of fused-ring (bicyclic) bond motifs is 1. The van der Waals surface area contributed by atoms with Gasteiger partial charge < -0.3 is 45.5 Å². The molecule has 79 heavy (non-hydrogen) atoms. The number of nitrogens with one attached hydrogen (secondary N) is 7. The van der Waals surface area contributed by atoms with Gasteiger partial charge in [-0.3, -0.25) is 29.9 Å². The third kappa shape index (κ3) is 18.1. The number of guanidine groups is 1. The number of ether oxygens (including phenoxy) is 4. The Bertz CT molecular complexity index is 3030. The van der Waals surface area contributed by atoms with E-state index in [1.807, 2.05) is 30.3 Å². The average molecular weight is 1070 g/mol. The Morgan fingerprint density at radius 2 is 1.14 bits per heavy atom. The Morgan fingerprint density at radius 3 is 1.76 bits per heavy atom. The normalized spacial score (nSPS) is 13.6. The molecule has 1 aliphatic heterocycles. The van der Waals surface area contributed by atoms with Crippen LogP contribution >= 0.6 is 0 Å². The van der Waals surface area contributed by atoms with E-state index in [9.17, 15) is 33.6 Å². The lowest BCUT2D eigenvalue weighted by Gasteiger charge is -2.28. The summed E-state index contributed by atoms with van der Waals surface area (Å²) >= 11 is 0. The number of rotatable bonds is 22. The van der Waals surface area contributed by atoms with Gasteiger partial charge in [0, 0.05) is 24.3 Å². The maximum Gasteiger partial charge on any atom is 0.416 e. The molecule has 6 aromatic carbocycles. The summed E-state index contributed by atoms with van der Waals surface area (Å²) in [6.07, 6.45) is -3.62. The van der Waals surface area contributed by atoms with Crippen molar-refractivity contribution in [1.82, 2.24) is 26.2 Å². The molecule has 0 spiro atoms. The van der Waals surface area contributed by atoms with Crippen molar-refractivity contribution in [3.63, 3.8) is 0 Å². The van der Waals surface area contributed by atoms with E-state index in [0.717, 1.165) is 10.5 Å². The van der Waals surface area contributed by atoms with E-state index in [0.29, 0.717) is 46.0 Å². The molecular formula is C60H64N8O11. The molecule has 7 N–H and O–H groups in total. The number of para-hydroxylation sites is 2. The van der Waals surface area contributed by atoms with Crippen LogP contribution in [0, 0.1) is 5.41 Å². The molecule has 0 saturated carbocycles. The Kier molecular flexibility index (Phi) is 20.3. The Morgan fingerprint density at radius 1 is 0.595 bits per heavy atom. The van der Waals surface area contributed by atoms with Gasteiger partial charge in [0.15, 0.2) is 0 Å². The zero-order valence-electron chi connectivity index (χ0n) is 44.1. The lowest BCUT2D eigenvalue weighted by atomic mass is 9.92. The first-order chi connectivity index (χ1) is 38.1. The third-order valence-corrected chi connectivity index (χ3v) is 12.3. The monoisotopic (exact) mass is 1070 g/mol. The van der Waals surface area contributed by atoms with Crippen molar-refractivity contribution in [2.75, 3.05) is 17.2 Å². The first kappa shape index (κ1) is 57.2. The molecule has 1 heterocycles. The molecule has 4 atom stereocenters. The summed E-state index contributed by atoms with van der Waals surface area (Å²) in [4.78, 5) is 98.5. The summed E-state index contributed by atoms with van der Waals surface area (Å²) in [5.74, 6) is -3.73. The average Bonchev–Trinajstić information content (AvgIpc) is 3.82. The topological polar surface area (TPSA) is 256 Å². The lowest BCUT2D eigenvalue weighted by molar-refractivity contribution is -0.132. The summed E-state index contributed by atoms with van der Waals surface area (Å²) in [7, 11) is 0. The second-order valence-corrected chi connectivity index (χ2v) is 19.5. The van der Waals surface area contributed by atoms with Crippen LogP contribution in [0.1, 0.15) is 73.8 Å². The SMILES string of the molecule is CC(C)(C)OC(=O)N[C@@H](Cc1ccc(OCc2ccccc2)cc1)C(=O)N[C@@H](CCCN(C(=N)NC(=O)OCc1ccccc1)C(=O)OCc1ccccc1)C(=O)N[C@@H](CC1C(=O)Nc2ccccc21)C(=O)Nc1ccccc1. The van der Waals surface area contributed by atoms with Crippen molar-refractivity contribution in [3.8, 4) is 5.75 Å². The van der Waals surface area contributed by atoms with Crippen molar-refractivity contribution in [1.29, 1.82) is 5.41 Å². The zero-order valence-corrected chi connectivity index (χ0v) is 44.1. The van der Waals surface area contributed by atoms with Crippen LogP contribution in [0.2, 0.25) is 0 Å². The van der Waals surface area contributed by atoms with Crippen molar-refractivity contribution in [2.45, 2.75) is 95.9 Å². The predicted octanol–water partition coefficient (Wildman–Crippen LogP) is 8.72. The van der Waals surface area contributed by atoms with Crippen LogP contribution in [0.25, 0.3) is 0 Å². The number of nitrogens with zero attached hydrogens (tertiary/aromatic N) is 1. The van der Waals surface area contributed by atoms with Gasteiger partial charge in [0.1, 0.15) is 49.3 Å². The smallest absolute Gasteiger partial charge is 0.416 e. The van der Waals surface area contributed by atoms with E-state index < -0.39 is 71.6 Å². The van der Waals surface area contributed by atoms with Crippen molar-refractivity contribution in [2.24, 2.45) is 0 Å². The number of alkyl carbamates (subject to hydrolysis) is 2. The molecule has 1 aliphatic rings. The largest absolute Gasteiger partial charge is 0.489 e. The van der Waals surface area contributed by atoms with E-state index in [1.54, 1.807) is 160 Å². The number of hydrogen-bond acceptors (Lipinski definition) is 12. The molecule has 7 amide bonds.